The highest BCUT2D eigenvalue weighted by Crippen LogP contribution is 3.02. The third kappa shape index (κ3) is 7.20. The van der Waals surface area contributed by atoms with Crippen LogP contribution >= 0.6 is 10.2 Å². The van der Waals surface area contributed by atoms with Gasteiger partial charge in [-0.3, -0.25) is 0 Å². The Hall–Kier alpha value is -3.58. The third-order valence-electron chi connectivity index (χ3n) is 4.09. The van der Waals surface area contributed by atoms with Crippen molar-refractivity contribution in [1.82, 2.24) is 0 Å². The molecule has 0 bridgehead atoms. The van der Waals surface area contributed by atoms with E-state index >= 15 is 0 Å². The number of hydrogen-bond donors (Lipinski definition) is 0. The average molecular weight is 548 g/mol. The number of carbonyl (C=O) groups is 1. The summed E-state index contributed by atoms with van der Waals surface area (Å²) in [6, 6.07) is -0.349. The first-order valence-electron chi connectivity index (χ1n) is 8.68. The Bertz CT molecular complexity index is 1070. The summed E-state index contributed by atoms with van der Waals surface area (Å²) < 4.78 is 116. The summed E-state index contributed by atoms with van der Waals surface area (Å²) >= 11 is 0. The Labute approximate surface area is 188 Å². The molecule has 0 aliphatic carbocycles. The number of ether oxygens (including phenoxy) is 2. The molecule has 20 heteroatoms. The lowest BCUT2D eigenvalue weighted by Crippen LogP contribution is -2.42. The minimum atomic E-state index is -10.3. The number of esters is 1. The fraction of sp³-hybridized carbons (Fsp3) is 0.400. The van der Waals surface area contributed by atoms with Gasteiger partial charge < -0.3 is 19.1 Å². The van der Waals surface area contributed by atoms with Gasteiger partial charge in [-0.15, -0.1) is 20.2 Å². The molecule has 1 aromatic rings. The molecule has 0 N–H and O–H groups in total. The highest BCUT2D eigenvalue weighted by atomic mass is 32.5. The molecule has 0 radical (unpaired) electrons. The largest absolute Gasteiger partial charge is 0.475 e. The molecule has 0 fully saturated rings. The minimum absolute atomic E-state index is 0.120. The number of carbonyl (C=O) groups excluding carboxylic acids is 1. The van der Waals surface area contributed by atoms with E-state index in [2.05, 4.69) is 19.1 Å². The normalized spacial score (nSPS) is 17.8. The van der Waals surface area contributed by atoms with Crippen LogP contribution in [0.25, 0.3) is 6.08 Å². The molecule has 0 saturated heterocycles. The van der Waals surface area contributed by atoms with Crippen molar-refractivity contribution in [2.45, 2.75) is 30.2 Å². The van der Waals surface area contributed by atoms with Gasteiger partial charge in [0, 0.05) is 5.56 Å². The van der Waals surface area contributed by atoms with E-state index in [9.17, 15) is 57.6 Å². The zero-order valence-corrected chi connectivity index (χ0v) is 17.6. The van der Waals surface area contributed by atoms with Crippen molar-refractivity contribution in [3.63, 3.8) is 0 Å². The van der Waals surface area contributed by atoms with Gasteiger partial charge in [0.25, 0.3) is 10.2 Å². The van der Waals surface area contributed by atoms with E-state index in [1.165, 1.54) is 0 Å². The average Bonchev–Trinajstić information content (AvgIpc) is 2.66. The topological polar surface area (TPSA) is 140 Å². The minimum Gasteiger partial charge on any atom is -0.475 e. The maximum absolute atomic E-state index is 13.5. The van der Waals surface area contributed by atoms with Crippen molar-refractivity contribution in [2.24, 2.45) is 0 Å². The van der Waals surface area contributed by atoms with Crippen LogP contribution in [0.4, 0.5) is 32.6 Å². The molecular weight excluding hydrogens is 536 g/mol. The summed E-state index contributed by atoms with van der Waals surface area (Å²) in [5, 5.41) is 17.7. The number of aryl methyl sites for hydroxylation is 1. The SMILES string of the molecule is Cc1cc(S(F)(F)(F)(F)F)cc2c1OC(C(F)(F)F)C(C(=O)OC(CO[N+](=O)[O-])CO[N+](=O)[O-])=C2. The van der Waals surface area contributed by atoms with Crippen LogP contribution in [0, 0.1) is 27.2 Å². The second-order valence-electron chi connectivity index (χ2n) is 6.83. The molecule has 0 saturated carbocycles. The lowest BCUT2D eigenvalue weighted by atomic mass is 9.99. The van der Waals surface area contributed by atoms with E-state index in [1.807, 2.05) is 0 Å². The number of alkyl halides is 3. The second kappa shape index (κ2) is 8.27. The van der Waals surface area contributed by atoms with Crippen molar-refractivity contribution in [2.75, 3.05) is 13.2 Å². The molecule has 0 aromatic heterocycles. The van der Waals surface area contributed by atoms with Crippen molar-refractivity contribution >= 4 is 22.3 Å². The van der Waals surface area contributed by atoms with Gasteiger partial charge in [-0.25, -0.2) is 4.79 Å². The molecule has 0 amide bonds. The van der Waals surface area contributed by atoms with E-state index in [1.54, 1.807) is 0 Å². The predicted molar refractivity (Wildman–Crippen MR) is 96.8 cm³/mol. The lowest BCUT2D eigenvalue weighted by Gasteiger charge is -2.41. The lowest BCUT2D eigenvalue weighted by molar-refractivity contribution is -0.768. The fourth-order valence-electron chi connectivity index (χ4n) is 2.72. The summed E-state index contributed by atoms with van der Waals surface area (Å²) in [4.78, 5) is 38.1. The number of halogens is 8. The quantitative estimate of drug-likeness (QED) is 0.186. The van der Waals surface area contributed by atoms with E-state index in [0.717, 1.165) is 6.92 Å². The van der Waals surface area contributed by atoms with Gasteiger partial charge in [-0.1, -0.05) is 19.4 Å². The highest BCUT2D eigenvalue weighted by molar-refractivity contribution is 8.45. The number of hydrogen-bond acceptors (Lipinski definition) is 9. The standard InChI is InChI=1S/C15H12F8N2O9S/c1-7-2-10(35(19,20,21,22)23)3-8-4-11(13(15(16,17)18)34-12(7)8)14(26)33-9(5-31-24(27)28)6-32-25(29)30/h2-4,9,13H,5-6H2,1H3. The van der Waals surface area contributed by atoms with E-state index in [0.29, 0.717) is 0 Å². The molecule has 1 aromatic carbocycles. The van der Waals surface area contributed by atoms with Gasteiger partial charge >= 0.3 is 22.4 Å². The third-order valence-corrected chi connectivity index (χ3v) is 5.22. The molecule has 198 valence electrons. The smallest absolute Gasteiger partial charge is 0.430 e. The first-order chi connectivity index (χ1) is 15.6. The summed E-state index contributed by atoms with van der Waals surface area (Å²) in [5.74, 6) is -2.91. The molecule has 1 heterocycles. The number of nitrogens with zero attached hydrogens (tertiary/aromatic N) is 2. The van der Waals surface area contributed by atoms with Crippen LogP contribution < -0.4 is 4.74 Å². The van der Waals surface area contributed by atoms with E-state index in [4.69, 9.17) is 0 Å². The Kier molecular flexibility index (Phi) is 6.54. The van der Waals surface area contributed by atoms with Crippen LogP contribution in [0.15, 0.2) is 22.6 Å². The fourth-order valence-corrected chi connectivity index (χ4v) is 3.46. The molecule has 1 aliphatic rings. The molecular formula is C15H12F8N2O9S. The Morgan fingerprint density at radius 2 is 1.60 bits per heavy atom. The Morgan fingerprint density at radius 1 is 1.09 bits per heavy atom. The van der Waals surface area contributed by atoms with Crippen molar-refractivity contribution in [3.8, 4) is 5.75 Å². The van der Waals surface area contributed by atoms with Gasteiger partial charge in [-0.2, -0.15) is 13.2 Å². The van der Waals surface area contributed by atoms with Crippen LogP contribution in [0.5, 0.6) is 5.75 Å². The van der Waals surface area contributed by atoms with Crippen molar-refractivity contribution in [3.05, 3.63) is 49.1 Å². The summed E-state index contributed by atoms with van der Waals surface area (Å²) in [6.07, 6.45) is -10.5. The van der Waals surface area contributed by atoms with E-state index in [-0.39, 0.29) is 18.2 Å². The number of benzene rings is 1. The second-order valence-corrected chi connectivity index (χ2v) is 9.24. The predicted octanol–water partition coefficient (Wildman–Crippen LogP) is 4.69. The highest BCUT2D eigenvalue weighted by Gasteiger charge is 2.65. The van der Waals surface area contributed by atoms with Gasteiger partial charge in [0.2, 0.25) is 6.10 Å². The molecule has 11 nitrogen and oxygen atoms in total. The molecule has 2 rings (SSSR count). The zero-order valence-electron chi connectivity index (χ0n) is 16.8. The van der Waals surface area contributed by atoms with Crippen LogP contribution in [-0.2, 0) is 19.2 Å². The number of rotatable bonds is 9. The van der Waals surface area contributed by atoms with Crippen LogP contribution in [0.1, 0.15) is 11.1 Å². The maximum atomic E-state index is 13.5. The molecule has 1 unspecified atom stereocenters. The Balaban J connectivity index is 2.53. The number of fused-ring (bicyclic) bond motifs is 1. The first-order valence-corrected chi connectivity index (χ1v) is 10.6. The summed E-state index contributed by atoms with van der Waals surface area (Å²) in [5.41, 5.74) is -3.29. The van der Waals surface area contributed by atoms with Crippen LogP contribution in [0.2, 0.25) is 0 Å². The maximum Gasteiger partial charge on any atom is 0.430 e. The summed E-state index contributed by atoms with van der Waals surface area (Å²) in [7, 11) is -10.3. The zero-order chi connectivity index (χ0) is 27.0. The Morgan fingerprint density at radius 3 is 2.03 bits per heavy atom. The van der Waals surface area contributed by atoms with Gasteiger partial charge in [-0.05, 0) is 30.7 Å². The van der Waals surface area contributed by atoms with Gasteiger partial charge in [0.15, 0.2) is 0 Å². The summed E-state index contributed by atoms with van der Waals surface area (Å²) in [6.45, 7) is -1.74. The van der Waals surface area contributed by atoms with Gasteiger partial charge in [0.1, 0.15) is 30.0 Å². The van der Waals surface area contributed by atoms with Crippen LogP contribution in [0.3, 0.4) is 0 Å². The molecule has 0 spiro atoms. The molecule has 1 atom stereocenters. The monoisotopic (exact) mass is 548 g/mol. The van der Waals surface area contributed by atoms with Crippen LogP contribution in [-0.4, -0.2) is 47.7 Å². The van der Waals surface area contributed by atoms with Crippen molar-refractivity contribution < 1.29 is 66.7 Å². The molecule has 1 aliphatic heterocycles. The van der Waals surface area contributed by atoms with Gasteiger partial charge in [0.05, 0.1) is 5.57 Å². The van der Waals surface area contributed by atoms with Crippen molar-refractivity contribution in [1.29, 1.82) is 0 Å². The first kappa shape index (κ1) is 27.7. The molecule has 35 heavy (non-hydrogen) atoms. The van der Waals surface area contributed by atoms with E-state index < -0.39 is 85.3 Å².